The summed E-state index contributed by atoms with van der Waals surface area (Å²) in [5.74, 6) is 1.83. The van der Waals surface area contributed by atoms with E-state index < -0.39 is 0 Å². The zero-order chi connectivity index (χ0) is 17.0. The van der Waals surface area contributed by atoms with Crippen molar-refractivity contribution in [1.29, 1.82) is 0 Å². The molecule has 0 atom stereocenters. The van der Waals surface area contributed by atoms with Crippen molar-refractivity contribution >= 4 is 23.5 Å². The fraction of sp³-hybridized carbons (Fsp3) is 0.412. The molecule has 0 fully saturated rings. The van der Waals surface area contributed by atoms with E-state index in [2.05, 4.69) is 31.2 Å². The maximum atomic E-state index is 12.1. The average Bonchev–Trinajstić information content (AvgIpc) is 2.87. The Hall–Kier alpha value is -1.95. The maximum absolute atomic E-state index is 12.1. The number of aromatic nitrogens is 2. The summed E-state index contributed by atoms with van der Waals surface area (Å²) in [7, 11) is 3.47. The molecule has 0 aliphatic heterocycles. The van der Waals surface area contributed by atoms with Gasteiger partial charge in [0.05, 0.1) is 18.6 Å². The topological polar surface area (TPSA) is 56.1 Å². The number of methoxy groups -OCH3 is 1. The highest BCUT2D eigenvalue weighted by Crippen LogP contribution is 2.24. The van der Waals surface area contributed by atoms with E-state index in [1.54, 1.807) is 11.8 Å². The molecule has 5 nitrogen and oxygen atoms in total. The van der Waals surface area contributed by atoms with Crippen molar-refractivity contribution in [3.05, 3.63) is 36.0 Å². The van der Waals surface area contributed by atoms with E-state index >= 15 is 0 Å². The minimum atomic E-state index is -0.0470. The van der Waals surface area contributed by atoms with E-state index in [0.717, 1.165) is 22.2 Å². The van der Waals surface area contributed by atoms with Crippen molar-refractivity contribution in [2.45, 2.75) is 31.1 Å². The number of anilines is 1. The van der Waals surface area contributed by atoms with Crippen LogP contribution in [0.2, 0.25) is 0 Å². The highest BCUT2D eigenvalue weighted by atomic mass is 32.2. The molecule has 6 heteroatoms. The van der Waals surface area contributed by atoms with Crippen LogP contribution in [0.1, 0.15) is 26.5 Å². The van der Waals surface area contributed by atoms with Gasteiger partial charge in [0, 0.05) is 23.4 Å². The molecule has 0 aliphatic rings. The number of carbonyl (C=O) groups excluding carboxylic acids is 1. The van der Waals surface area contributed by atoms with E-state index in [1.165, 1.54) is 11.8 Å². The first-order valence-electron chi connectivity index (χ1n) is 7.41. The molecule has 0 spiro atoms. The number of carbonyl (C=O) groups is 1. The molecule has 1 aromatic carbocycles. The second-order valence-electron chi connectivity index (χ2n) is 6.30. The lowest BCUT2D eigenvalue weighted by molar-refractivity contribution is -0.113. The molecule has 1 heterocycles. The SMILES string of the molecule is COc1ccc(SCC(=O)Nc2cc(C(C)(C)C)nn2C)cc1. The van der Waals surface area contributed by atoms with Gasteiger partial charge in [0.25, 0.3) is 0 Å². The predicted molar refractivity (Wildman–Crippen MR) is 94.3 cm³/mol. The Kier molecular flexibility index (Phi) is 5.36. The number of hydrogen-bond acceptors (Lipinski definition) is 4. The molecular formula is C17H23N3O2S. The third-order valence-electron chi connectivity index (χ3n) is 3.35. The van der Waals surface area contributed by atoms with Crippen molar-refractivity contribution < 1.29 is 9.53 Å². The van der Waals surface area contributed by atoms with Gasteiger partial charge in [-0.1, -0.05) is 20.8 Å². The van der Waals surface area contributed by atoms with Crippen molar-refractivity contribution in [3.8, 4) is 5.75 Å². The first-order valence-corrected chi connectivity index (χ1v) is 8.39. The van der Waals surface area contributed by atoms with Gasteiger partial charge in [-0.05, 0) is 24.3 Å². The summed E-state index contributed by atoms with van der Waals surface area (Å²) in [5, 5.41) is 7.37. The Bertz CT molecular complexity index is 672. The molecule has 0 bridgehead atoms. The van der Waals surface area contributed by atoms with E-state index in [9.17, 15) is 4.79 Å². The van der Waals surface area contributed by atoms with Crippen LogP contribution in [0, 0.1) is 0 Å². The summed E-state index contributed by atoms with van der Waals surface area (Å²) in [5.41, 5.74) is 0.914. The fourth-order valence-corrected chi connectivity index (χ4v) is 2.65. The summed E-state index contributed by atoms with van der Waals surface area (Å²) in [4.78, 5) is 13.2. The predicted octanol–water partition coefficient (Wildman–Crippen LogP) is 3.46. The zero-order valence-electron chi connectivity index (χ0n) is 14.2. The first kappa shape index (κ1) is 17.4. The van der Waals surface area contributed by atoms with Gasteiger partial charge in [-0.2, -0.15) is 5.10 Å². The summed E-state index contributed by atoms with van der Waals surface area (Å²) in [6.45, 7) is 6.29. The van der Waals surface area contributed by atoms with Crippen LogP contribution < -0.4 is 10.1 Å². The number of aryl methyl sites for hydroxylation is 1. The summed E-state index contributed by atoms with van der Waals surface area (Å²) >= 11 is 1.49. The Morgan fingerprint density at radius 2 is 1.96 bits per heavy atom. The molecule has 0 unspecified atom stereocenters. The molecule has 1 N–H and O–H groups in total. The minimum absolute atomic E-state index is 0.0431. The van der Waals surface area contributed by atoms with Crippen LogP contribution in [0.25, 0.3) is 0 Å². The minimum Gasteiger partial charge on any atom is -0.497 e. The Labute approximate surface area is 141 Å². The lowest BCUT2D eigenvalue weighted by Crippen LogP contribution is -2.16. The third kappa shape index (κ3) is 4.76. The van der Waals surface area contributed by atoms with Gasteiger partial charge < -0.3 is 10.1 Å². The van der Waals surface area contributed by atoms with Gasteiger partial charge in [-0.15, -0.1) is 11.8 Å². The van der Waals surface area contributed by atoms with Crippen LogP contribution in [0.15, 0.2) is 35.2 Å². The molecule has 0 saturated heterocycles. The van der Waals surface area contributed by atoms with E-state index in [0.29, 0.717) is 5.75 Å². The normalized spacial score (nSPS) is 11.3. The molecule has 0 aliphatic carbocycles. The standard InChI is InChI=1S/C17H23N3O2S/c1-17(2,3)14-10-15(20(4)19-14)18-16(21)11-23-13-8-6-12(22-5)7-9-13/h6-10H,11H2,1-5H3,(H,18,21). The van der Waals surface area contributed by atoms with E-state index in [1.807, 2.05) is 37.4 Å². The Morgan fingerprint density at radius 3 is 2.48 bits per heavy atom. The van der Waals surface area contributed by atoms with Crippen LogP contribution in [-0.2, 0) is 17.3 Å². The van der Waals surface area contributed by atoms with E-state index in [4.69, 9.17) is 4.74 Å². The molecule has 23 heavy (non-hydrogen) atoms. The van der Waals surface area contributed by atoms with Crippen LogP contribution >= 0.6 is 11.8 Å². The number of ether oxygens (including phenoxy) is 1. The highest BCUT2D eigenvalue weighted by Gasteiger charge is 2.19. The van der Waals surface area contributed by atoms with Crippen molar-refractivity contribution in [1.82, 2.24) is 9.78 Å². The number of hydrogen-bond donors (Lipinski definition) is 1. The number of nitrogens with zero attached hydrogens (tertiary/aromatic N) is 2. The van der Waals surface area contributed by atoms with Crippen molar-refractivity contribution in [2.75, 3.05) is 18.2 Å². The van der Waals surface area contributed by atoms with Gasteiger partial charge in [-0.25, -0.2) is 0 Å². The molecule has 2 aromatic rings. The van der Waals surface area contributed by atoms with Crippen LogP contribution in [-0.4, -0.2) is 28.6 Å². The number of thioether (sulfide) groups is 1. The smallest absolute Gasteiger partial charge is 0.235 e. The van der Waals surface area contributed by atoms with Crippen LogP contribution in [0.4, 0.5) is 5.82 Å². The number of nitrogens with one attached hydrogen (secondary N) is 1. The molecule has 0 radical (unpaired) electrons. The molecular weight excluding hydrogens is 310 g/mol. The van der Waals surface area contributed by atoms with Gasteiger partial charge in [0.15, 0.2) is 0 Å². The van der Waals surface area contributed by atoms with Crippen molar-refractivity contribution in [2.24, 2.45) is 7.05 Å². The second kappa shape index (κ2) is 7.08. The van der Waals surface area contributed by atoms with E-state index in [-0.39, 0.29) is 11.3 Å². The second-order valence-corrected chi connectivity index (χ2v) is 7.35. The molecule has 1 amide bonds. The molecule has 2 rings (SSSR count). The Balaban J connectivity index is 1.93. The largest absolute Gasteiger partial charge is 0.497 e. The monoisotopic (exact) mass is 333 g/mol. The van der Waals surface area contributed by atoms with Gasteiger partial charge >= 0.3 is 0 Å². The lowest BCUT2D eigenvalue weighted by Gasteiger charge is -2.13. The summed E-state index contributed by atoms with van der Waals surface area (Å²) in [6, 6.07) is 9.58. The average molecular weight is 333 g/mol. The number of rotatable bonds is 5. The van der Waals surface area contributed by atoms with Crippen LogP contribution in [0.5, 0.6) is 5.75 Å². The highest BCUT2D eigenvalue weighted by molar-refractivity contribution is 8.00. The molecule has 124 valence electrons. The summed E-state index contributed by atoms with van der Waals surface area (Å²) < 4.78 is 6.82. The zero-order valence-corrected chi connectivity index (χ0v) is 15.0. The van der Waals surface area contributed by atoms with Gasteiger partial charge in [0.1, 0.15) is 11.6 Å². The maximum Gasteiger partial charge on any atom is 0.235 e. The first-order chi connectivity index (χ1) is 10.8. The van der Waals surface area contributed by atoms with Gasteiger partial charge in [0.2, 0.25) is 5.91 Å². The fourth-order valence-electron chi connectivity index (χ4n) is 1.95. The van der Waals surface area contributed by atoms with Crippen molar-refractivity contribution in [3.63, 3.8) is 0 Å². The lowest BCUT2D eigenvalue weighted by atomic mass is 9.92. The van der Waals surface area contributed by atoms with Gasteiger partial charge in [-0.3, -0.25) is 9.48 Å². The third-order valence-corrected chi connectivity index (χ3v) is 4.36. The molecule has 0 saturated carbocycles. The molecule has 1 aromatic heterocycles. The number of benzene rings is 1. The quantitative estimate of drug-likeness (QED) is 0.852. The number of amides is 1. The summed E-state index contributed by atoms with van der Waals surface area (Å²) in [6.07, 6.45) is 0. The Morgan fingerprint density at radius 1 is 1.30 bits per heavy atom. The van der Waals surface area contributed by atoms with Crippen LogP contribution in [0.3, 0.4) is 0 Å².